The fourth-order valence-corrected chi connectivity index (χ4v) is 2.26. The largest absolute Gasteiger partial charge is 0.463 e. The molecule has 0 saturated carbocycles. The van der Waals surface area contributed by atoms with E-state index in [0.717, 1.165) is 5.39 Å². The highest BCUT2D eigenvalue weighted by molar-refractivity contribution is 6.06. The van der Waals surface area contributed by atoms with E-state index < -0.39 is 23.8 Å². The lowest BCUT2D eigenvalue weighted by molar-refractivity contribution is -0.137. The van der Waals surface area contributed by atoms with Gasteiger partial charge in [0.1, 0.15) is 6.04 Å². The van der Waals surface area contributed by atoms with Crippen LogP contribution in [0.2, 0.25) is 0 Å². The van der Waals surface area contributed by atoms with E-state index in [1.807, 2.05) is 12.1 Å². The van der Waals surface area contributed by atoms with Crippen LogP contribution in [0.4, 0.5) is 0 Å². The Morgan fingerprint density at radius 2 is 2.04 bits per heavy atom. The van der Waals surface area contributed by atoms with E-state index in [-0.39, 0.29) is 13.0 Å². The molecular weight excluding hydrogens is 322 g/mol. The lowest BCUT2D eigenvalue weighted by Crippen LogP contribution is -2.44. The number of fused-ring (bicyclic) bond motifs is 1. The Morgan fingerprint density at radius 1 is 1.28 bits per heavy atom. The number of esters is 1. The van der Waals surface area contributed by atoms with E-state index in [9.17, 15) is 14.4 Å². The van der Waals surface area contributed by atoms with Crippen molar-refractivity contribution in [2.45, 2.75) is 19.4 Å². The molecule has 0 unspecified atom stereocenters. The first-order chi connectivity index (χ1) is 12.0. The van der Waals surface area contributed by atoms with Crippen LogP contribution in [0, 0.1) is 0 Å². The van der Waals surface area contributed by atoms with Crippen LogP contribution in [0.5, 0.6) is 0 Å². The van der Waals surface area contributed by atoms with Gasteiger partial charge in [0.05, 0.1) is 17.7 Å². The second-order valence-corrected chi connectivity index (χ2v) is 5.20. The van der Waals surface area contributed by atoms with Gasteiger partial charge in [0.2, 0.25) is 5.91 Å². The van der Waals surface area contributed by atoms with Gasteiger partial charge in [0.15, 0.2) is 0 Å². The molecule has 0 saturated heterocycles. The molecule has 0 fully saturated rings. The number of nitrogens with one attached hydrogen (secondary N) is 1. The predicted octanol–water partition coefficient (Wildman–Crippen LogP) is 1.33. The van der Waals surface area contributed by atoms with Gasteiger partial charge in [-0.2, -0.15) is 0 Å². The molecule has 2 rings (SSSR count). The second-order valence-electron chi connectivity index (χ2n) is 5.20. The summed E-state index contributed by atoms with van der Waals surface area (Å²) in [6, 6.07) is 7.86. The van der Waals surface area contributed by atoms with E-state index in [4.69, 9.17) is 10.5 Å². The second kappa shape index (κ2) is 8.58. The molecule has 0 radical (unpaired) electrons. The summed E-state index contributed by atoms with van der Waals surface area (Å²) in [5.41, 5.74) is 6.21. The van der Waals surface area contributed by atoms with Gasteiger partial charge in [-0.05, 0) is 25.5 Å². The summed E-state index contributed by atoms with van der Waals surface area (Å²) < 4.78 is 4.75. The lowest BCUT2D eigenvalue weighted by Gasteiger charge is -2.14. The van der Waals surface area contributed by atoms with E-state index >= 15 is 0 Å². The number of hydrogen-bond donors (Lipinski definition) is 2. The monoisotopic (exact) mass is 341 g/mol. The lowest BCUT2D eigenvalue weighted by atomic mass is 10.1. The molecule has 1 atom stereocenters. The van der Waals surface area contributed by atoms with Crippen molar-refractivity contribution in [3.63, 3.8) is 0 Å². The maximum Gasteiger partial charge on any atom is 0.330 e. The molecule has 130 valence electrons. The number of amides is 2. The summed E-state index contributed by atoms with van der Waals surface area (Å²) in [6.07, 6.45) is 4.31. The van der Waals surface area contributed by atoms with Crippen molar-refractivity contribution in [3.05, 3.63) is 54.2 Å². The van der Waals surface area contributed by atoms with Gasteiger partial charge in [-0.25, -0.2) is 4.79 Å². The number of aromatic nitrogens is 1. The van der Waals surface area contributed by atoms with Gasteiger partial charge >= 0.3 is 5.97 Å². The minimum atomic E-state index is -0.947. The van der Waals surface area contributed by atoms with Crippen LogP contribution in [0.3, 0.4) is 0 Å². The van der Waals surface area contributed by atoms with Crippen molar-refractivity contribution in [2.24, 2.45) is 5.73 Å². The van der Waals surface area contributed by atoms with Crippen LogP contribution in [-0.4, -0.2) is 35.4 Å². The summed E-state index contributed by atoms with van der Waals surface area (Å²) >= 11 is 0. The molecule has 0 spiro atoms. The van der Waals surface area contributed by atoms with Crippen LogP contribution in [-0.2, 0) is 14.3 Å². The average Bonchev–Trinajstić information content (AvgIpc) is 2.60. The number of pyridine rings is 1. The Balaban J connectivity index is 2.12. The molecule has 7 nitrogen and oxygen atoms in total. The Hall–Kier alpha value is -3.22. The summed E-state index contributed by atoms with van der Waals surface area (Å²) in [6.45, 7) is 1.95. The first kappa shape index (κ1) is 18.1. The smallest absolute Gasteiger partial charge is 0.330 e. The van der Waals surface area contributed by atoms with Gasteiger partial charge in [0.25, 0.3) is 5.91 Å². The van der Waals surface area contributed by atoms with Crippen molar-refractivity contribution in [1.29, 1.82) is 0 Å². The van der Waals surface area contributed by atoms with Gasteiger partial charge in [-0.3, -0.25) is 14.6 Å². The molecule has 0 aliphatic carbocycles. The topological polar surface area (TPSA) is 111 Å². The number of ether oxygens (including phenoxy) is 1. The number of para-hydroxylation sites is 1. The first-order valence-electron chi connectivity index (χ1n) is 7.80. The van der Waals surface area contributed by atoms with Crippen molar-refractivity contribution in [3.8, 4) is 0 Å². The molecular formula is C18H19N3O4. The van der Waals surface area contributed by atoms with E-state index in [0.29, 0.717) is 11.1 Å². The predicted molar refractivity (Wildman–Crippen MR) is 92.6 cm³/mol. The molecule has 0 aliphatic heterocycles. The molecule has 7 heteroatoms. The number of nitrogens with zero attached hydrogens (tertiary/aromatic N) is 1. The number of primary amides is 1. The van der Waals surface area contributed by atoms with Crippen LogP contribution in [0.1, 0.15) is 23.7 Å². The molecule has 0 aliphatic rings. The van der Waals surface area contributed by atoms with Gasteiger partial charge < -0.3 is 15.8 Å². The van der Waals surface area contributed by atoms with Crippen molar-refractivity contribution < 1.29 is 19.1 Å². The molecule has 1 aromatic carbocycles. The van der Waals surface area contributed by atoms with E-state index in [1.54, 1.807) is 31.3 Å². The zero-order chi connectivity index (χ0) is 18.2. The number of nitrogens with two attached hydrogens (primary N) is 1. The third-order valence-corrected chi connectivity index (χ3v) is 3.44. The zero-order valence-electron chi connectivity index (χ0n) is 13.8. The third-order valence-electron chi connectivity index (χ3n) is 3.44. The Kier molecular flexibility index (Phi) is 6.22. The van der Waals surface area contributed by atoms with Crippen LogP contribution >= 0.6 is 0 Å². The summed E-state index contributed by atoms with van der Waals surface area (Å²) in [7, 11) is 0. The third kappa shape index (κ3) is 4.87. The van der Waals surface area contributed by atoms with E-state index in [1.165, 1.54) is 12.2 Å². The van der Waals surface area contributed by atoms with Crippen LogP contribution < -0.4 is 11.1 Å². The fraction of sp³-hybridized carbons (Fsp3) is 0.222. The number of hydrogen-bond acceptors (Lipinski definition) is 5. The van der Waals surface area contributed by atoms with Crippen LogP contribution in [0.25, 0.3) is 10.9 Å². The molecule has 1 aromatic heterocycles. The fourth-order valence-electron chi connectivity index (χ4n) is 2.26. The maximum atomic E-state index is 12.5. The van der Waals surface area contributed by atoms with Crippen LogP contribution in [0.15, 0.2) is 48.7 Å². The molecule has 1 heterocycles. The SMILES string of the molecule is CCOC(=O)/C=C/C[C@H](NC(=O)c1cccc2cccnc12)C(N)=O. The number of rotatable bonds is 7. The average molecular weight is 341 g/mol. The molecule has 25 heavy (non-hydrogen) atoms. The highest BCUT2D eigenvalue weighted by Gasteiger charge is 2.19. The summed E-state index contributed by atoms with van der Waals surface area (Å²) in [4.78, 5) is 39.5. The minimum absolute atomic E-state index is 0.0814. The molecule has 2 amide bonds. The van der Waals surface area contributed by atoms with Gasteiger partial charge in [-0.15, -0.1) is 0 Å². The van der Waals surface area contributed by atoms with Gasteiger partial charge in [-0.1, -0.05) is 24.3 Å². The van der Waals surface area contributed by atoms with Gasteiger partial charge in [0, 0.05) is 17.7 Å². The summed E-state index contributed by atoms with van der Waals surface area (Å²) in [5.74, 6) is -1.68. The Labute approximate surface area is 144 Å². The molecule has 0 bridgehead atoms. The van der Waals surface area contributed by atoms with E-state index in [2.05, 4.69) is 10.3 Å². The van der Waals surface area contributed by atoms with Crippen molar-refractivity contribution in [1.82, 2.24) is 10.3 Å². The number of benzene rings is 1. The highest BCUT2D eigenvalue weighted by Crippen LogP contribution is 2.16. The first-order valence-corrected chi connectivity index (χ1v) is 7.80. The zero-order valence-corrected chi connectivity index (χ0v) is 13.8. The number of carbonyl (C=O) groups is 3. The van der Waals surface area contributed by atoms with Crippen molar-refractivity contribution >= 4 is 28.7 Å². The number of carbonyl (C=O) groups excluding carboxylic acids is 3. The Bertz CT molecular complexity index is 812. The van der Waals surface area contributed by atoms with Crippen molar-refractivity contribution in [2.75, 3.05) is 6.61 Å². The maximum absolute atomic E-state index is 12.5. The Morgan fingerprint density at radius 3 is 2.76 bits per heavy atom. The molecule has 3 N–H and O–H groups in total. The minimum Gasteiger partial charge on any atom is -0.463 e. The standard InChI is InChI=1S/C18H19N3O4/c1-2-25-15(22)10-4-9-14(17(19)23)21-18(24)13-8-3-6-12-7-5-11-20-16(12)13/h3-8,10-11,14H,2,9H2,1H3,(H2,19,23)(H,21,24)/b10-4+/t14-/m0/s1. The normalized spacial score (nSPS) is 12.0. The highest BCUT2D eigenvalue weighted by atomic mass is 16.5. The molecule has 2 aromatic rings. The quantitative estimate of drug-likeness (QED) is 0.583. The summed E-state index contributed by atoms with van der Waals surface area (Å²) in [5, 5.41) is 3.39.